The fraction of sp³-hybridized carbons (Fsp3) is 0.593. The van der Waals surface area contributed by atoms with Crippen molar-refractivity contribution in [1.29, 1.82) is 0 Å². The van der Waals surface area contributed by atoms with E-state index in [1.54, 1.807) is 7.11 Å². The van der Waals surface area contributed by atoms with Crippen molar-refractivity contribution in [2.24, 2.45) is 16.3 Å². The van der Waals surface area contributed by atoms with Crippen molar-refractivity contribution in [3.63, 3.8) is 0 Å². The second-order valence-electron chi connectivity index (χ2n) is 10.2. The maximum Gasteiger partial charge on any atom is 0.336 e. The molecule has 1 aromatic rings. The van der Waals surface area contributed by atoms with Crippen molar-refractivity contribution in [1.82, 2.24) is 0 Å². The van der Waals surface area contributed by atoms with Gasteiger partial charge < -0.3 is 14.2 Å². The van der Waals surface area contributed by atoms with Gasteiger partial charge in [-0.3, -0.25) is 9.79 Å². The van der Waals surface area contributed by atoms with Crippen molar-refractivity contribution in [2.75, 3.05) is 13.7 Å². The second-order valence-corrected chi connectivity index (χ2v) is 10.2. The molecule has 2 saturated carbocycles. The summed E-state index contributed by atoms with van der Waals surface area (Å²) in [6.45, 7) is 8.50. The maximum atomic E-state index is 13.5. The normalized spacial score (nSPS) is 24.9. The number of esters is 1. The van der Waals surface area contributed by atoms with Crippen LogP contribution in [0.15, 0.2) is 34.5 Å². The molecule has 2 aliphatic carbocycles. The Labute approximate surface area is 196 Å². The van der Waals surface area contributed by atoms with Crippen molar-refractivity contribution in [2.45, 2.75) is 78.2 Å². The molecule has 6 nitrogen and oxygen atoms in total. The second kappa shape index (κ2) is 9.32. The highest BCUT2D eigenvalue weighted by Crippen LogP contribution is 2.48. The zero-order valence-electron chi connectivity index (χ0n) is 20.4. The lowest BCUT2D eigenvalue weighted by molar-refractivity contribution is -0.144. The molecule has 4 rings (SSSR count). The number of nitrogens with zero attached hydrogens (tertiary/aromatic N) is 1. The van der Waals surface area contributed by atoms with Gasteiger partial charge in [-0.05, 0) is 69.1 Å². The molecule has 1 aliphatic heterocycles. The molecule has 0 saturated heterocycles. The number of allylic oxidation sites excluding steroid dienone is 1. The molecule has 3 aliphatic rings. The van der Waals surface area contributed by atoms with Gasteiger partial charge in [0, 0.05) is 23.7 Å². The van der Waals surface area contributed by atoms with Gasteiger partial charge in [-0.1, -0.05) is 19.9 Å². The highest BCUT2D eigenvalue weighted by Gasteiger charge is 2.48. The smallest absolute Gasteiger partial charge is 0.336 e. The van der Waals surface area contributed by atoms with Gasteiger partial charge >= 0.3 is 5.97 Å². The number of benzene rings is 1. The summed E-state index contributed by atoms with van der Waals surface area (Å²) in [5.74, 6) is 0.0952. The number of hydrogen-bond acceptors (Lipinski definition) is 6. The Balaban J connectivity index is 1.80. The summed E-state index contributed by atoms with van der Waals surface area (Å²) >= 11 is 0. The number of carbonyl (C=O) groups is 2. The van der Waals surface area contributed by atoms with E-state index >= 15 is 0 Å². The number of aliphatic imine (C=N–C) groups is 1. The SMILES string of the molecule is CCOc1ccc([C@@H]2C(C(=O)OC3CCCC3)=C(C)N=C3CC(C)(C)CC(=O)C32)cc1OC. The van der Waals surface area contributed by atoms with Crippen LogP contribution in [-0.2, 0) is 14.3 Å². The lowest BCUT2D eigenvalue weighted by Crippen LogP contribution is -2.44. The number of methoxy groups -OCH3 is 1. The Hall–Kier alpha value is -2.63. The summed E-state index contributed by atoms with van der Waals surface area (Å²) in [6, 6.07) is 5.68. The first kappa shape index (κ1) is 23.5. The fourth-order valence-corrected chi connectivity index (χ4v) is 5.59. The van der Waals surface area contributed by atoms with Gasteiger partial charge in [-0.15, -0.1) is 0 Å². The molecule has 2 fully saturated rings. The summed E-state index contributed by atoms with van der Waals surface area (Å²) in [6.07, 6.45) is 5.08. The van der Waals surface area contributed by atoms with Crippen molar-refractivity contribution in [3.8, 4) is 11.5 Å². The molecule has 178 valence electrons. The summed E-state index contributed by atoms with van der Waals surface area (Å²) in [5.41, 5.74) is 2.71. The van der Waals surface area contributed by atoms with Crippen molar-refractivity contribution < 1.29 is 23.8 Å². The lowest BCUT2D eigenvalue weighted by atomic mass is 9.63. The Morgan fingerprint density at radius 1 is 1.12 bits per heavy atom. The van der Waals surface area contributed by atoms with Crippen LogP contribution in [0.5, 0.6) is 11.5 Å². The first-order valence-electron chi connectivity index (χ1n) is 12.1. The van der Waals surface area contributed by atoms with Crippen LogP contribution in [-0.4, -0.2) is 37.3 Å². The van der Waals surface area contributed by atoms with Crippen LogP contribution in [0.4, 0.5) is 0 Å². The van der Waals surface area contributed by atoms with E-state index in [9.17, 15) is 9.59 Å². The zero-order chi connectivity index (χ0) is 23.8. The van der Waals surface area contributed by atoms with Crippen LogP contribution < -0.4 is 9.47 Å². The van der Waals surface area contributed by atoms with E-state index in [1.807, 2.05) is 32.0 Å². The predicted molar refractivity (Wildman–Crippen MR) is 127 cm³/mol. The van der Waals surface area contributed by atoms with E-state index in [4.69, 9.17) is 19.2 Å². The average molecular weight is 454 g/mol. The molecule has 1 heterocycles. The summed E-state index contributed by atoms with van der Waals surface area (Å²) in [5, 5.41) is 0. The van der Waals surface area contributed by atoms with Gasteiger partial charge in [0.15, 0.2) is 11.5 Å². The minimum atomic E-state index is -0.462. The van der Waals surface area contributed by atoms with Gasteiger partial charge in [0.2, 0.25) is 0 Å². The highest BCUT2D eigenvalue weighted by molar-refractivity contribution is 6.12. The monoisotopic (exact) mass is 453 g/mol. The third-order valence-electron chi connectivity index (χ3n) is 7.01. The molecule has 6 heteroatoms. The minimum absolute atomic E-state index is 0.0558. The van der Waals surface area contributed by atoms with Gasteiger partial charge in [0.25, 0.3) is 0 Å². The van der Waals surface area contributed by atoms with E-state index in [0.717, 1.165) is 43.4 Å². The van der Waals surface area contributed by atoms with Crippen LogP contribution in [0.2, 0.25) is 0 Å². The minimum Gasteiger partial charge on any atom is -0.493 e. The largest absolute Gasteiger partial charge is 0.493 e. The van der Waals surface area contributed by atoms with E-state index in [2.05, 4.69) is 13.8 Å². The number of fused-ring (bicyclic) bond motifs is 1. The third-order valence-corrected chi connectivity index (χ3v) is 7.01. The van der Waals surface area contributed by atoms with Gasteiger partial charge in [-0.2, -0.15) is 0 Å². The number of ether oxygens (including phenoxy) is 3. The molecular weight excluding hydrogens is 418 g/mol. The highest BCUT2D eigenvalue weighted by atomic mass is 16.5. The summed E-state index contributed by atoms with van der Waals surface area (Å²) in [4.78, 5) is 31.7. The van der Waals surface area contributed by atoms with Gasteiger partial charge in [0.05, 0.1) is 25.2 Å². The Bertz CT molecular complexity index is 1000. The average Bonchev–Trinajstić information content (AvgIpc) is 3.25. The van der Waals surface area contributed by atoms with Crippen molar-refractivity contribution in [3.05, 3.63) is 35.0 Å². The van der Waals surface area contributed by atoms with E-state index < -0.39 is 11.8 Å². The Morgan fingerprint density at radius 2 is 1.85 bits per heavy atom. The lowest BCUT2D eigenvalue weighted by Gasteiger charge is -2.41. The quantitative estimate of drug-likeness (QED) is 0.540. The summed E-state index contributed by atoms with van der Waals surface area (Å²) in [7, 11) is 1.60. The maximum absolute atomic E-state index is 13.5. The molecular formula is C27H35NO5. The summed E-state index contributed by atoms with van der Waals surface area (Å²) < 4.78 is 17.2. The Morgan fingerprint density at radius 3 is 2.52 bits per heavy atom. The molecule has 0 spiro atoms. The van der Waals surface area contributed by atoms with Crippen LogP contribution in [0.1, 0.15) is 77.7 Å². The third kappa shape index (κ3) is 4.71. The molecule has 0 radical (unpaired) electrons. The van der Waals surface area contributed by atoms with E-state index in [-0.39, 0.29) is 23.3 Å². The van der Waals surface area contributed by atoms with Crippen LogP contribution in [0.25, 0.3) is 0 Å². The molecule has 0 amide bonds. The fourth-order valence-electron chi connectivity index (χ4n) is 5.59. The molecule has 0 N–H and O–H groups in total. The number of Topliss-reactive ketones (excluding diaryl/α,β-unsaturated/α-hetero) is 1. The number of hydrogen-bond donors (Lipinski definition) is 0. The van der Waals surface area contributed by atoms with Gasteiger partial charge in [-0.25, -0.2) is 4.79 Å². The molecule has 0 aromatic heterocycles. The first-order valence-corrected chi connectivity index (χ1v) is 12.1. The molecule has 33 heavy (non-hydrogen) atoms. The molecule has 1 aromatic carbocycles. The van der Waals surface area contributed by atoms with Gasteiger partial charge in [0.1, 0.15) is 11.9 Å². The Kier molecular flexibility index (Phi) is 6.64. The van der Waals surface area contributed by atoms with Crippen LogP contribution in [0.3, 0.4) is 0 Å². The van der Waals surface area contributed by atoms with E-state index in [1.165, 1.54) is 0 Å². The standard InChI is InChI=1S/C27H35NO5/c1-6-32-21-12-11-17(13-22(21)31-5)24-23(26(30)33-18-9-7-8-10-18)16(2)28-19-14-27(3,4)15-20(29)25(19)24/h11-13,18,24-25H,6-10,14-15H2,1-5H3/t24-,25?/m1/s1. The van der Waals surface area contributed by atoms with Crippen LogP contribution in [0, 0.1) is 11.3 Å². The number of rotatable bonds is 6. The van der Waals surface area contributed by atoms with Crippen LogP contribution >= 0.6 is 0 Å². The van der Waals surface area contributed by atoms with Crippen molar-refractivity contribution >= 4 is 17.5 Å². The topological polar surface area (TPSA) is 74.2 Å². The zero-order valence-corrected chi connectivity index (χ0v) is 20.4. The number of carbonyl (C=O) groups excluding carboxylic acids is 2. The van der Waals surface area contributed by atoms with E-state index in [0.29, 0.717) is 35.8 Å². The predicted octanol–water partition coefficient (Wildman–Crippen LogP) is 5.40. The molecule has 1 unspecified atom stereocenters. The molecule has 0 bridgehead atoms. The molecule has 2 atom stereocenters. The number of ketones is 1. The first-order chi connectivity index (χ1) is 15.7.